The first-order chi connectivity index (χ1) is 20.6. The van der Waals surface area contributed by atoms with Crippen molar-refractivity contribution in [2.75, 3.05) is 5.32 Å². The molecular formula is C38H26BN2O. The summed E-state index contributed by atoms with van der Waals surface area (Å²) in [5, 5.41) is 8.61. The first kappa shape index (κ1) is 23.5. The number of aryl methyl sites for hydroxylation is 2. The van der Waals surface area contributed by atoms with E-state index in [-0.39, 0.29) is 0 Å². The molecule has 0 unspecified atom stereocenters. The zero-order valence-electron chi connectivity index (χ0n) is 23.4. The predicted octanol–water partition coefficient (Wildman–Crippen LogP) is 8.68. The van der Waals surface area contributed by atoms with Crippen LogP contribution in [0.4, 0.5) is 11.4 Å². The van der Waals surface area contributed by atoms with Gasteiger partial charge < -0.3 is 14.3 Å². The van der Waals surface area contributed by atoms with E-state index in [0.717, 1.165) is 38.9 Å². The molecule has 1 aliphatic heterocycles. The van der Waals surface area contributed by atoms with E-state index >= 15 is 0 Å². The van der Waals surface area contributed by atoms with E-state index < -0.39 is 0 Å². The van der Waals surface area contributed by atoms with Crippen molar-refractivity contribution in [3.05, 3.63) is 126 Å². The van der Waals surface area contributed by atoms with E-state index in [0.29, 0.717) is 0 Å². The van der Waals surface area contributed by atoms with Crippen LogP contribution in [0.5, 0.6) is 0 Å². The summed E-state index contributed by atoms with van der Waals surface area (Å²) >= 11 is 0. The molecule has 1 radical (unpaired) electrons. The fraction of sp³-hybridized carbons (Fsp3) is 0.0526. The number of para-hydroxylation sites is 4. The smallest absolute Gasteiger partial charge is 0.197 e. The maximum Gasteiger partial charge on any atom is 0.197 e. The minimum Gasteiger partial charge on any atom is -0.456 e. The van der Waals surface area contributed by atoms with Gasteiger partial charge in [-0.1, -0.05) is 84.3 Å². The van der Waals surface area contributed by atoms with Crippen LogP contribution >= 0.6 is 0 Å². The van der Waals surface area contributed by atoms with Crippen molar-refractivity contribution < 1.29 is 4.42 Å². The van der Waals surface area contributed by atoms with Crippen LogP contribution in [0.2, 0.25) is 0 Å². The number of furan rings is 1. The van der Waals surface area contributed by atoms with Gasteiger partial charge in [-0.15, -0.1) is 0 Å². The molecule has 197 valence electrons. The molecule has 4 heteroatoms. The van der Waals surface area contributed by atoms with E-state index in [2.05, 4.69) is 134 Å². The lowest BCUT2D eigenvalue weighted by Gasteiger charge is -2.25. The summed E-state index contributed by atoms with van der Waals surface area (Å²) < 4.78 is 8.82. The Bertz CT molecular complexity index is 2390. The molecule has 42 heavy (non-hydrogen) atoms. The summed E-state index contributed by atoms with van der Waals surface area (Å²) in [6.07, 6.45) is 0. The van der Waals surface area contributed by atoms with Gasteiger partial charge in [0.2, 0.25) is 0 Å². The van der Waals surface area contributed by atoms with Crippen molar-refractivity contribution in [1.82, 2.24) is 4.57 Å². The topological polar surface area (TPSA) is 30.1 Å². The first-order valence-electron chi connectivity index (χ1n) is 14.4. The van der Waals surface area contributed by atoms with Crippen molar-refractivity contribution in [3.8, 4) is 16.8 Å². The van der Waals surface area contributed by atoms with Crippen LogP contribution < -0.4 is 16.2 Å². The molecule has 0 fully saturated rings. The van der Waals surface area contributed by atoms with Crippen LogP contribution in [0.25, 0.3) is 60.6 Å². The number of rotatable bonds is 3. The van der Waals surface area contributed by atoms with Gasteiger partial charge in [0.25, 0.3) is 0 Å². The highest BCUT2D eigenvalue weighted by Crippen LogP contribution is 2.40. The van der Waals surface area contributed by atoms with Crippen LogP contribution in [-0.4, -0.2) is 11.8 Å². The second-order valence-corrected chi connectivity index (χ2v) is 11.4. The quantitative estimate of drug-likeness (QED) is 0.229. The molecule has 0 atom stereocenters. The average Bonchev–Trinajstić information content (AvgIpc) is 3.55. The van der Waals surface area contributed by atoms with Crippen LogP contribution in [0.3, 0.4) is 0 Å². The van der Waals surface area contributed by atoms with Gasteiger partial charge in [0, 0.05) is 50.1 Å². The van der Waals surface area contributed by atoms with Crippen molar-refractivity contribution in [2.24, 2.45) is 0 Å². The number of benzene rings is 6. The van der Waals surface area contributed by atoms with E-state index in [9.17, 15) is 0 Å². The number of hydrogen-bond acceptors (Lipinski definition) is 2. The van der Waals surface area contributed by atoms with Crippen LogP contribution in [0.15, 0.2) is 120 Å². The summed E-state index contributed by atoms with van der Waals surface area (Å²) in [5.74, 6) is 0. The summed E-state index contributed by atoms with van der Waals surface area (Å²) in [4.78, 5) is 0. The van der Waals surface area contributed by atoms with Crippen molar-refractivity contribution in [3.63, 3.8) is 0 Å². The largest absolute Gasteiger partial charge is 0.456 e. The predicted molar refractivity (Wildman–Crippen MR) is 178 cm³/mol. The minimum absolute atomic E-state index is 0.880. The van der Waals surface area contributed by atoms with Gasteiger partial charge in [-0.25, -0.2) is 0 Å². The van der Waals surface area contributed by atoms with Crippen molar-refractivity contribution in [1.29, 1.82) is 0 Å². The highest BCUT2D eigenvalue weighted by molar-refractivity contribution is 6.73. The zero-order valence-corrected chi connectivity index (χ0v) is 23.4. The number of anilines is 2. The molecule has 0 amide bonds. The summed E-state index contributed by atoms with van der Waals surface area (Å²) in [6, 6.07) is 41.3. The maximum absolute atomic E-state index is 6.36. The molecule has 9 rings (SSSR count). The Balaban J connectivity index is 1.37. The lowest BCUT2D eigenvalue weighted by molar-refractivity contribution is 0.669. The fourth-order valence-corrected chi connectivity index (χ4v) is 6.86. The van der Waals surface area contributed by atoms with Crippen LogP contribution in [0.1, 0.15) is 11.1 Å². The zero-order chi connectivity index (χ0) is 27.9. The third-order valence-corrected chi connectivity index (χ3v) is 8.79. The van der Waals surface area contributed by atoms with Crippen molar-refractivity contribution in [2.45, 2.75) is 13.8 Å². The third-order valence-electron chi connectivity index (χ3n) is 8.79. The fourth-order valence-electron chi connectivity index (χ4n) is 6.86. The summed E-state index contributed by atoms with van der Waals surface area (Å²) in [6.45, 7) is 4.34. The van der Waals surface area contributed by atoms with Gasteiger partial charge in [-0.05, 0) is 66.3 Å². The standard InChI is InChI=1S/C38H26BN2O/c1-22-18-29(37-34(19-22)41-33-16-7-4-11-24(33)26-13-9-14-30(39-37)38(26)41)27-20-28-25-12-5-8-17-35(25)42-36(28)21-32(27)40-31-15-6-3-10-23(31)2/h3-21,40H,1-2H3. The molecule has 3 nitrogen and oxygen atoms in total. The molecule has 0 spiro atoms. The van der Waals surface area contributed by atoms with Crippen molar-refractivity contribution >= 4 is 73.3 Å². The Kier molecular flexibility index (Phi) is 4.83. The molecule has 2 aromatic heterocycles. The van der Waals surface area contributed by atoms with Gasteiger partial charge in [0.05, 0.1) is 11.2 Å². The van der Waals surface area contributed by atoms with E-state index in [1.165, 1.54) is 55.1 Å². The summed E-state index contributed by atoms with van der Waals surface area (Å²) in [7, 11) is 2.38. The molecule has 6 aromatic carbocycles. The molecule has 8 aromatic rings. The number of hydrogen-bond donors (Lipinski definition) is 1. The third kappa shape index (κ3) is 3.29. The van der Waals surface area contributed by atoms with E-state index in [1.807, 2.05) is 12.1 Å². The SMILES string of the molecule is Cc1cc(-c2cc3c(cc2Nc2ccccc2C)oc2ccccc23)c2c(c1)-n1c3ccccc3c3cccc(c31)[B]2. The van der Waals surface area contributed by atoms with Gasteiger partial charge in [-0.3, -0.25) is 0 Å². The summed E-state index contributed by atoms with van der Waals surface area (Å²) in [5.41, 5.74) is 14.9. The number of fused-ring (bicyclic) bond motifs is 8. The van der Waals surface area contributed by atoms with Gasteiger partial charge in [0.1, 0.15) is 11.2 Å². The highest BCUT2D eigenvalue weighted by Gasteiger charge is 2.26. The maximum atomic E-state index is 6.36. The Morgan fingerprint density at radius 2 is 1.40 bits per heavy atom. The van der Waals surface area contributed by atoms with Gasteiger partial charge in [0.15, 0.2) is 7.28 Å². The molecular weight excluding hydrogens is 511 g/mol. The molecule has 0 saturated carbocycles. The van der Waals surface area contributed by atoms with Crippen LogP contribution in [-0.2, 0) is 0 Å². The molecule has 3 heterocycles. The number of nitrogens with zero attached hydrogens (tertiary/aromatic N) is 1. The Labute approximate surface area is 244 Å². The second kappa shape index (κ2) is 8.64. The minimum atomic E-state index is 0.880. The molecule has 0 aliphatic carbocycles. The number of nitrogens with one attached hydrogen (secondary N) is 1. The Morgan fingerprint density at radius 3 is 2.31 bits per heavy atom. The van der Waals surface area contributed by atoms with E-state index in [1.54, 1.807) is 0 Å². The lowest BCUT2D eigenvalue weighted by atomic mass is 9.59. The molecule has 1 N–H and O–H groups in total. The second-order valence-electron chi connectivity index (χ2n) is 11.4. The first-order valence-corrected chi connectivity index (χ1v) is 14.4. The molecule has 1 aliphatic rings. The van der Waals surface area contributed by atoms with E-state index in [4.69, 9.17) is 4.42 Å². The molecule has 0 bridgehead atoms. The Hall–Kier alpha value is -5.22. The average molecular weight is 537 g/mol. The monoisotopic (exact) mass is 537 g/mol. The van der Waals surface area contributed by atoms with Crippen LogP contribution in [0, 0.1) is 13.8 Å². The van der Waals surface area contributed by atoms with Gasteiger partial charge >= 0.3 is 0 Å². The number of aromatic nitrogens is 1. The lowest BCUT2D eigenvalue weighted by Crippen LogP contribution is -2.37. The molecule has 0 saturated heterocycles. The highest BCUT2D eigenvalue weighted by atomic mass is 16.3. The Morgan fingerprint density at radius 1 is 0.619 bits per heavy atom. The normalized spacial score (nSPS) is 12.2. The van der Waals surface area contributed by atoms with Gasteiger partial charge in [-0.2, -0.15) is 0 Å².